The molecule has 0 fully saturated rings. The highest BCUT2D eigenvalue weighted by molar-refractivity contribution is 9.10. The monoisotopic (exact) mass is 353 g/mol. The molecule has 114 valence electrons. The molecule has 5 heteroatoms. The van der Waals surface area contributed by atoms with Crippen LogP contribution in [-0.2, 0) is 13.5 Å². The van der Waals surface area contributed by atoms with E-state index >= 15 is 0 Å². The van der Waals surface area contributed by atoms with Gasteiger partial charge in [-0.15, -0.1) is 0 Å². The van der Waals surface area contributed by atoms with Crippen molar-refractivity contribution in [1.29, 1.82) is 0 Å². The molecule has 0 saturated carbocycles. The molecule has 1 aromatic carbocycles. The van der Waals surface area contributed by atoms with E-state index < -0.39 is 0 Å². The van der Waals surface area contributed by atoms with Crippen LogP contribution in [0.2, 0.25) is 0 Å². The Kier molecular flexibility index (Phi) is 5.94. The minimum atomic E-state index is -0.169. The maximum Gasteiger partial charge on any atom is 0.129 e. The summed E-state index contributed by atoms with van der Waals surface area (Å²) in [6, 6.07) is 5.27. The average molecular weight is 354 g/mol. The lowest BCUT2D eigenvalue weighted by Gasteiger charge is -2.19. The molecule has 0 aliphatic rings. The standard InChI is InChI=1S/C16H21BrFN3/c1-3-8-19-15(6-7-16-20-9-10-21(16)2)13-5-4-12(17)11-14(13)18/h4-5,9-11,15,19H,3,6-8H2,1-2H3. The summed E-state index contributed by atoms with van der Waals surface area (Å²) < 4.78 is 17.0. The van der Waals surface area contributed by atoms with Gasteiger partial charge >= 0.3 is 0 Å². The molecule has 0 aliphatic carbocycles. The van der Waals surface area contributed by atoms with E-state index in [-0.39, 0.29) is 11.9 Å². The number of nitrogens with one attached hydrogen (secondary N) is 1. The van der Waals surface area contributed by atoms with Gasteiger partial charge in [-0.05, 0) is 31.5 Å². The second-order valence-electron chi connectivity index (χ2n) is 5.17. The minimum Gasteiger partial charge on any atom is -0.338 e. The van der Waals surface area contributed by atoms with Crippen molar-refractivity contribution in [2.45, 2.75) is 32.2 Å². The molecule has 21 heavy (non-hydrogen) atoms. The fourth-order valence-electron chi connectivity index (χ4n) is 2.38. The summed E-state index contributed by atoms with van der Waals surface area (Å²) in [5, 5.41) is 3.44. The van der Waals surface area contributed by atoms with Crippen molar-refractivity contribution in [2.75, 3.05) is 6.54 Å². The molecule has 0 aliphatic heterocycles. The van der Waals surface area contributed by atoms with Crippen LogP contribution in [0.5, 0.6) is 0 Å². The van der Waals surface area contributed by atoms with Crippen LogP contribution in [-0.4, -0.2) is 16.1 Å². The van der Waals surface area contributed by atoms with Gasteiger partial charge in [0.1, 0.15) is 11.6 Å². The van der Waals surface area contributed by atoms with E-state index in [1.54, 1.807) is 6.20 Å². The van der Waals surface area contributed by atoms with E-state index in [1.807, 2.05) is 29.9 Å². The zero-order chi connectivity index (χ0) is 15.2. The van der Waals surface area contributed by atoms with E-state index in [9.17, 15) is 4.39 Å². The zero-order valence-corrected chi connectivity index (χ0v) is 14.0. The summed E-state index contributed by atoms with van der Waals surface area (Å²) in [7, 11) is 1.98. The molecule has 3 nitrogen and oxygen atoms in total. The molecular weight excluding hydrogens is 333 g/mol. The summed E-state index contributed by atoms with van der Waals surface area (Å²) in [5.41, 5.74) is 0.723. The molecule has 0 bridgehead atoms. The largest absolute Gasteiger partial charge is 0.338 e. The van der Waals surface area contributed by atoms with Gasteiger partial charge in [0.2, 0.25) is 0 Å². The molecule has 2 aromatic rings. The Morgan fingerprint density at radius 1 is 1.43 bits per heavy atom. The first-order valence-corrected chi connectivity index (χ1v) is 8.05. The number of imidazole rings is 1. The SMILES string of the molecule is CCCNC(CCc1nccn1C)c1ccc(Br)cc1F. The van der Waals surface area contributed by atoms with Crippen LogP contribution < -0.4 is 5.32 Å². The van der Waals surface area contributed by atoms with Crippen molar-refractivity contribution in [3.63, 3.8) is 0 Å². The Morgan fingerprint density at radius 2 is 2.24 bits per heavy atom. The highest BCUT2D eigenvalue weighted by Crippen LogP contribution is 2.24. The Hall–Kier alpha value is -1.20. The molecule has 0 spiro atoms. The van der Waals surface area contributed by atoms with Gasteiger partial charge in [-0.25, -0.2) is 9.37 Å². The van der Waals surface area contributed by atoms with Crippen LogP contribution in [0.3, 0.4) is 0 Å². The number of rotatable bonds is 7. The Labute approximate surface area is 133 Å². The van der Waals surface area contributed by atoms with E-state index in [4.69, 9.17) is 0 Å². The minimum absolute atomic E-state index is 0.00903. The van der Waals surface area contributed by atoms with Crippen LogP contribution in [0.25, 0.3) is 0 Å². The maximum atomic E-state index is 14.2. The number of nitrogens with zero attached hydrogens (tertiary/aromatic N) is 2. The Balaban J connectivity index is 2.12. The van der Waals surface area contributed by atoms with Crippen LogP contribution in [0, 0.1) is 5.82 Å². The van der Waals surface area contributed by atoms with Crippen LogP contribution in [0.4, 0.5) is 4.39 Å². The zero-order valence-electron chi connectivity index (χ0n) is 12.4. The molecule has 1 N–H and O–H groups in total. The average Bonchev–Trinajstić information content (AvgIpc) is 2.85. The third-order valence-electron chi connectivity index (χ3n) is 3.56. The molecule has 0 amide bonds. The Morgan fingerprint density at radius 3 is 2.86 bits per heavy atom. The van der Waals surface area contributed by atoms with E-state index in [1.165, 1.54) is 6.07 Å². The third kappa shape index (κ3) is 4.38. The van der Waals surface area contributed by atoms with Crippen molar-refractivity contribution >= 4 is 15.9 Å². The van der Waals surface area contributed by atoms with E-state index in [0.717, 1.165) is 41.7 Å². The van der Waals surface area contributed by atoms with Crippen molar-refractivity contribution in [3.05, 3.63) is 52.3 Å². The van der Waals surface area contributed by atoms with Gasteiger partial charge in [0.15, 0.2) is 0 Å². The summed E-state index contributed by atoms with van der Waals surface area (Å²) in [4.78, 5) is 4.33. The van der Waals surface area contributed by atoms with Crippen molar-refractivity contribution in [3.8, 4) is 0 Å². The van der Waals surface area contributed by atoms with Crippen molar-refractivity contribution in [1.82, 2.24) is 14.9 Å². The van der Waals surface area contributed by atoms with Crippen molar-refractivity contribution in [2.24, 2.45) is 7.05 Å². The fourth-order valence-corrected chi connectivity index (χ4v) is 2.71. The molecule has 2 rings (SSSR count). The summed E-state index contributed by atoms with van der Waals surface area (Å²) >= 11 is 3.30. The molecule has 1 heterocycles. The van der Waals surface area contributed by atoms with Crippen LogP contribution in [0.1, 0.15) is 37.2 Å². The molecule has 1 atom stereocenters. The number of aromatic nitrogens is 2. The van der Waals surface area contributed by atoms with E-state index in [2.05, 4.69) is 33.2 Å². The summed E-state index contributed by atoms with van der Waals surface area (Å²) in [6.07, 6.45) is 6.40. The summed E-state index contributed by atoms with van der Waals surface area (Å²) in [5.74, 6) is 0.855. The molecule has 0 saturated heterocycles. The van der Waals surface area contributed by atoms with Gasteiger partial charge in [0.25, 0.3) is 0 Å². The van der Waals surface area contributed by atoms with Gasteiger partial charge in [0.05, 0.1) is 0 Å². The van der Waals surface area contributed by atoms with Gasteiger partial charge in [-0.1, -0.05) is 28.9 Å². The van der Waals surface area contributed by atoms with Crippen LogP contribution >= 0.6 is 15.9 Å². The number of aryl methyl sites for hydroxylation is 2. The predicted octanol–water partition coefficient (Wildman–Crippen LogP) is 4.00. The maximum absolute atomic E-state index is 14.2. The lowest BCUT2D eigenvalue weighted by Crippen LogP contribution is -2.24. The predicted molar refractivity (Wildman–Crippen MR) is 86.7 cm³/mol. The third-order valence-corrected chi connectivity index (χ3v) is 4.05. The number of halogens is 2. The molecule has 0 radical (unpaired) electrons. The Bertz CT molecular complexity index is 583. The molecule has 1 unspecified atom stereocenters. The number of hydrogen-bond donors (Lipinski definition) is 1. The topological polar surface area (TPSA) is 29.9 Å². The molecule has 1 aromatic heterocycles. The first-order valence-electron chi connectivity index (χ1n) is 7.26. The van der Waals surface area contributed by atoms with Gasteiger partial charge < -0.3 is 9.88 Å². The highest BCUT2D eigenvalue weighted by Gasteiger charge is 2.16. The van der Waals surface area contributed by atoms with Gasteiger partial charge in [-0.2, -0.15) is 0 Å². The lowest BCUT2D eigenvalue weighted by molar-refractivity contribution is 0.467. The first-order chi connectivity index (χ1) is 10.1. The van der Waals surface area contributed by atoms with Gasteiger partial charge in [0, 0.05) is 41.9 Å². The normalized spacial score (nSPS) is 12.6. The first kappa shape index (κ1) is 16.2. The quantitative estimate of drug-likeness (QED) is 0.815. The van der Waals surface area contributed by atoms with E-state index in [0.29, 0.717) is 0 Å². The number of hydrogen-bond acceptors (Lipinski definition) is 2. The highest BCUT2D eigenvalue weighted by atomic mass is 79.9. The second kappa shape index (κ2) is 7.71. The van der Waals surface area contributed by atoms with Gasteiger partial charge in [-0.3, -0.25) is 0 Å². The number of benzene rings is 1. The fraction of sp³-hybridized carbons (Fsp3) is 0.438. The lowest BCUT2D eigenvalue weighted by atomic mass is 10.0. The second-order valence-corrected chi connectivity index (χ2v) is 6.08. The smallest absolute Gasteiger partial charge is 0.129 e. The summed E-state index contributed by atoms with van der Waals surface area (Å²) in [6.45, 7) is 2.99. The van der Waals surface area contributed by atoms with Crippen molar-refractivity contribution < 1.29 is 4.39 Å². The molecular formula is C16H21BrFN3. The van der Waals surface area contributed by atoms with Crippen LogP contribution in [0.15, 0.2) is 35.1 Å².